The average molecular weight is 331 g/mol. The smallest absolute Gasteiger partial charge is 0.115 e. The van der Waals surface area contributed by atoms with Crippen LogP contribution in [0.2, 0.25) is 0 Å². The van der Waals surface area contributed by atoms with E-state index in [0.29, 0.717) is 5.75 Å². The van der Waals surface area contributed by atoms with Crippen LogP contribution in [-0.4, -0.2) is 10.1 Å². The molecule has 0 atom stereocenters. The summed E-state index contributed by atoms with van der Waals surface area (Å²) in [6.45, 7) is 8.30. The van der Waals surface area contributed by atoms with Crippen molar-refractivity contribution < 1.29 is 5.11 Å². The highest BCUT2D eigenvalue weighted by Gasteiger charge is 2.01. The summed E-state index contributed by atoms with van der Waals surface area (Å²) in [5, 5.41) is 8.76. The molecule has 0 radical (unpaired) electrons. The van der Waals surface area contributed by atoms with Crippen LogP contribution in [0.15, 0.2) is 66.9 Å². The molecule has 0 saturated carbocycles. The molecule has 2 aromatic carbocycles. The van der Waals surface area contributed by atoms with Gasteiger partial charge in [0.05, 0.1) is 0 Å². The lowest BCUT2D eigenvalue weighted by molar-refractivity contribution is 0.475. The Kier molecular flexibility index (Phi) is 6.53. The topological polar surface area (TPSA) is 33.1 Å². The monoisotopic (exact) mass is 331 g/mol. The number of hydrogen-bond acceptors (Lipinski definition) is 2. The van der Waals surface area contributed by atoms with Crippen molar-refractivity contribution in [2.24, 2.45) is 0 Å². The normalized spacial score (nSPS) is 10.8. The van der Waals surface area contributed by atoms with E-state index in [9.17, 15) is 0 Å². The van der Waals surface area contributed by atoms with Crippen molar-refractivity contribution >= 4 is 11.6 Å². The standard InChI is InChI=1S/C16H17N.C7H8O/c1-12-9-10-17-14(3)16(12)11-13(2)15-7-5-4-6-8-15;1-6-2-4-7(8)5-3-6/h4-11H,1-3H3;2-5,8H,1H3/b13-11+;. The largest absolute Gasteiger partial charge is 0.508 e. The summed E-state index contributed by atoms with van der Waals surface area (Å²) in [6, 6.07) is 19.6. The molecule has 0 bridgehead atoms. The van der Waals surface area contributed by atoms with E-state index in [0.717, 1.165) is 5.69 Å². The molecule has 0 aliphatic heterocycles. The Balaban J connectivity index is 0.000000236. The van der Waals surface area contributed by atoms with E-state index in [1.165, 1.54) is 27.8 Å². The molecule has 2 heteroatoms. The maximum absolute atomic E-state index is 8.76. The van der Waals surface area contributed by atoms with Gasteiger partial charge in [0.2, 0.25) is 0 Å². The Morgan fingerprint density at radius 2 is 1.52 bits per heavy atom. The predicted molar refractivity (Wildman–Crippen MR) is 107 cm³/mol. The van der Waals surface area contributed by atoms with E-state index < -0.39 is 0 Å². The molecule has 0 aliphatic carbocycles. The maximum atomic E-state index is 8.76. The van der Waals surface area contributed by atoms with Gasteiger partial charge in [0.1, 0.15) is 5.75 Å². The van der Waals surface area contributed by atoms with Gasteiger partial charge in [-0.25, -0.2) is 0 Å². The summed E-state index contributed by atoms with van der Waals surface area (Å²) < 4.78 is 0. The van der Waals surface area contributed by atoms with Gasteiger partial charge >= 0.3 is 0 Å². The minimum atomic E-state index is 0.329. The summed E-state index contributed by atoms with van der Waals surface area (Å²) in [7, 11) is 0. The number of phenols is 1. The van der Waals surface area contributed by atoms with Gasteiger partial charge in [-0.05, 0) is 74.2 Å². The maximum Gasteiger partial charge on any atom is 0.115 e. The Hall–Kier alpha value is -2.87. The molecule has 0 amide bonds. The van der Waals surface area contributed by atoms with Crippen LogP contribution < -0.4 is 0 Å². The van der Waals surface area contributed by atoms with Crippen molar-refractivity contribution in [2.75, 3.05) is 0 Å². The molecule has 2 nitrogen and oxygen atoms in total. The van der Waals surface area contributed by atoms with Crippen molar-refractivity contribution in [3.63, 3.8) is 0 Å². The predicted octanol–water partition coefficient (Wildman–Crippen LogP) is 5.96. The number of nitrogens with zero attached hydrogens (tertiary/aromatic N) is 1. The van der Waals surface area contributed by atoms with E-state index in [-0.39, 0.29) is 0 Å². The van der Waals surface area contributed by atoms with Gasteiger partial charge in [0.25, 0.3) is 0 Å². The van der Waals surface area contributed by atoms with Gasteiger partial charge in [-0.1, -0.05) is 48.0 Å². The Labute approximate surface area is 150 Å². The van der Waals surface area contributed by atoms with Crippen LogP contribution in [0.4, 0.5) is 0 Å². The molecule has 3 rings (SSSR count). The van der Waals surface area contributed by atoms with Crippen LogP contribution in [0.25, 0.3) is 11.6 Å². The first-order chi connectivity index (χ1) is 12.0. The Morgan fingerprint density at radius 1 is 0.880 bits per heavy atom. The van der Waals surface area contributed by atoms with Crippen molar-refractivity contribution in [3.8, 4) is 5.75 Å². The SMILES string of the molecule is C/C(=C\c1c(C)ccnc1C)c1ccccc1.Cc1ccc(O)cc1. The Bertz CT molecular complexity index is 792. The number of phenolic OH excluding ortho intramolecular Hbond substituents is 1. The number of aryl methyl sites for hydroxylation is 3. The van der Waals surface area contributed by atoms with Crippen molar-refractivity contribution in [3.05, 3.63) is 94.8 Å². The molecule has 0 spiro atoms. The molecule has 0 fully saturated rings. The summed E-state index contributed by atoms with van der Waals surface area (Å²) >= 11 is 0. The van der Waals surface area contributed by atoms with Gasteiger partial charge in [0.15, 0.2) is 0 Å². The highest BCUT2D eigenvalue weighted by atomic mass is 16.3. The van der Waals surface area contributed by atoms with Gasteiger partial charge in [-0.3, -0.25) is 4.98 Å². The van der Waals surface area contributed by atoms with Crippen molar-refractivity contribution in [1.82, 2.24) is 4.98 Å². The molecule has 128 valence electrons. The second-order valence-corrected chi connectivity index (χ2v) is 6.16. The summed E-state index contributed by atoms with van der Waals surface area (Å²) in [4.78, 5) is 4.34. The zero-order chi connectivity index (χ0) is 18.2. The van der Waals surface area contributed by atoms with Crippen LogP contribution in [0.1, 0.15) is 34.9 Å². The van der Waals surface area contributed by atoms with E-state index >= 15 is 0 Å². The fourth-order valence-corrected chi connectivity index (χ4v) is 2.47. The zero-order valence-corrected chi connectivity index (χ0v) is 15.3. The first-order valence-corrected chi connectivity index (χ1v) is 8.39. The first-order valence-electron chi connectivity index (χ1n) is 8.39. The molecular formula is C23H25NO. The van der Waals surface area contributed by atoms with Crippen LogP contribution in [0.5, 0.6) is 5.75 Å². The van der Waals surface area contributed by atoms with E-state index in [2.05, 4.69) is 62.2 Å². The van der Waals surface area contributed by atoms with Crippen LogP contribution in [0, 0.1) is 20.8 Å². The summed E-state index contributed by atoms with van der Waals surface area (Å²) in [5.41, 5.74) is 7.28. The fourth-order valence-electron chi connectivity index (χ4n) is 2.47. The number of hydrogen-bond donors (Lipinski definition) is 1. The first kappa shape index (κ1) is 18.5. The van der Waals surface area contributed by atoms with Crippen LogP contribution in [-0.2, 0) is 0 Å². The second kappa shape index (κ2) is 8.84. The second-order valence-electron chi connectivity index (χ2n) is 6.16. The third-order valence-electron chi connectivity index (χ3n) is 4.03. The third kappa shape index (κ3) is 5.61. The highest BCUT2D eigenvalue weighted by molar-refractivity contribution is 5.81. The van der Waals surface area contributed by atoms with Gasteiger partial charge < -0.3 is 5.11 Å². The third-order valence-corrected chi connectivity index (χ3v) is 4.03. The molecule has 0 saturated heterocycles. The molecule has 1 aromatic heterocycles. The van der Waals surface area contributed by atoms with Crippen molar-refractivity contribution in [2.45, 2.75) is 27.7 Å². The number of benzene rings is 2. The molecule has 1 heterocycles. The molecular weight excluding hydrogens is 306 g/mol. The lowest BCUT2D eigenvalue weighted by Crippen LogP contribution is -1.90. The van der Waals surface area contributed by atoms with E-state index in [1.807, 2.05) is 31.3 Å². The zero-order valence-electron chi connectivity index (χ0n) is 15.3. The lowest BCUT2D eigenvalue weighted by Gasteiger charge is -2.06. The quantitative estimate of drug-likeness (QED) is 0.628. The fraction of sp³-hybridized carbons (Fsp3) is 0.174. The molecule has 1 N–H and O–H groups in total. The molecule has 3 aromatic rings. The van der Waals surface area contributed by atoms with Gasteiger partial charge in [-0.15, -0.1) is 0 Å². The van der Waals surface area contributed by atoms with E-state index in [4.69, 9.17) is 5.11 Å². The Morgan fingerprint density at radius 3 is 2.08 bits per heavy atom. The van der Waals surface area contributed by atoms with Gasteiger partial charge in [-0.2, -0.15) is 0 Å². The number of pyridine rings is 1. The highest BCUT2D eigenvalue weighted by Crippen LogP contribution is 2.20. The van der Waals surface area contributed by atoms with E-state index in [1.54, 1.807) is 12.1 Å². The lowest BCUT2D eigenvalue weighted by atomic mass is 10.0. The minimum Gasteiger partial charge on any atom is -0.508 e. The van der Waals surface area contributed by atoms with Gasteiger partial charge in [0, 0.05) is 11.9 Å². The molecule has 0 aliphatic rings. The summed E-state index contributed by atoms with van der Waals surface area (Å²) in [6.07, 6.45) is 4.08. The molecule has 0 unspecified atom stereocenters. The van der Waals surface area contributed by atoms with Crippen LogP contribution >= 0.6 is 0 Å². The van der Waals surface area contributed by atoms with Crippen LogP contribution in [0.3, 0.4) is 0 Å². The number of aromatic nitrogens is 1. The number of rotatable bonds is 2. The number of aromatic hydroxyl groups is 1. The van der Waals surface area contributed by atoms with Crippen molar-refractivity contribution in [1.29, 1.82) is 0 Å². The molecule has 25 heavy (non-hydrogen) atoms. The minimum absolute atomic E-state index is 0.329. The summed E-state index contributed by atoms with van der Waals surface area (Å²) in [5.74, 6) is 0.329. The average Bonchev–Trinajstić information content (AvgIpc) is 2.62. The number of allylic oxidation sites excluding steroid dienone is 1.